The zero-order chi connectivity index (χ0) is 11.2. The van der Waals surface area contributed by atoms with Gasteiger partial charge in [0.15, 0.2) is 11.6 Å². The predicted octanol–water partition coefficient (Wildman–Crippen LogP) is 1.41. The van der Waals surface area contributed by atoms with E-state index in [1.807, 2.05) is 0 Å². The van der Waals surface area contributed by atoms with Crippen LogP contribution in [0.4, 0.5) is 4.39 Å². The second-order valence-electron chi connectivity index (χ2n) is 3.46. The molecule has 0 N–H and O–H groups in total. The molecule has 1 aromatic carbocycles. The fourth-order valence-electron chi connectivity index (χ4n) is 1.73. The highest BCUT2D eigenvalue weighted by Gasteiger charge is 2.41. The van der Waals surface area contributed by atoms with Crippen LogP contribution in [0.3, 0.4) is 0 Å². The molecule has 1 aliphatic rings. The first kappa shape index (κ1) is 9.71. The maximum atomic E-state index is 12.8. The molecule has 0 amide bonds. The van der Waals surface area contributed by atoms with Crippen molar-refractivity contribution < 1.29 is 18.8 Å². The fourth-order valence-corrected chi connectivity index (χ4v) is 1.73. The van der Waals surface area contributed by atoms with Gasteiger partial charge in [0, 0.05) is 11.1 Å². The summed E-state index contributed by atoms with van der Waals surface area (Å²) in [5.41, 5.74) is 0.154. The van der Waals surface area contributed by atoms with Crippen LogP contribution < -0.4 is 0 Å². The van der Waals surface area contributed by atoms with E-state index < -0.39 is 29.1 Å². The van der Waals surface area contributed by atoms with Gasteiger partial charge in [-0.15, -0.1) is 0 Å². The van der Waals surface area contributed by atoms with E-state index in [1.165, 1.54) is 13.0 Å². The summed E-state index contributed by atoms with van der Waals surface area (Å²) in [5, 5.41) is 0. The third-order valence-electron chi connectivity index (χ3n) is 2.44. The first-order valence-corrected chi connectivity index (χ1v) is 4.41. The molecule has 2 rings (SSSR count). The molecule has 0 saturated heterocycles. The van der Waals surface area contributed by atoms with Gasteiger partial charge in [-0.05, 0) is 25.1 Å². The van der Waals surface area contributed by atoms with Crippen LogP contribution >= 0.6 is 0 Å². The second-order valence-corrected chi connectivity index (χ2v) is 3.46. The molecule has 4 heteroatoms. The Morgan fingerprint density at radius 1 is 1.20 bits per heavy atom. The number of halogens is 1. The average molecular weight is 206 g/mol. The minimum Gasteiger partial charge on any atom is -0.299 e. The summed E-state index contributed by atoms with van der Waals surface area (Å²) >= 11 is 0. The summed E-state index contributed by atoms with van der Waals surface area (Å²) < 4.78 is 12.8. The van der Waals surface area contributed by atoms with Crippen molar-refractivity contribution in [3.8, 4) is 0 Å². The molecule has 76 valence electrons. The van der Waals surface area contributed by atoms with E-state index in [9.17, 15) is 18.8 Å². The van der Waals surface area contributed by atoms with Gasteiger partial charge in [-0.2, -0.15) is 0 Å². The fraction of sp³-hybridized carbons (Fsp3) is 0.182. The first-order chi connectivity index (χ1) is 7.02. The molecule has 0 saturated carbocycles. The van der Waals surface area contributed by atoms with Gasteiger partial charge in [-0.3, -0.25) is 14.4 Å². The third kappa shape index (κ3) is 1.29. The van der Waals surface area contributed by atoms with Crippen molar-refractivity contribution >= 4 is 17.3 Å². The van der Waals surface area contributed by atoms with Crippen molar-refractivity contribution in [3.63, 3.8) is 0 Å². The van der Waals surface area contributed by atoms with E-state index in [-0.39, 0.29) is 11.1 Å². The van der Waals surface area contributed by atoms with Crippen molar-refractivity contribution in [2.24, 2.45) is 5.92 Å². The second kappa shape index (κ2) is 3.08. The lowest BCUT2D eigenvalue weighted by Crippen LogP contribution is -2.22. The third-order valence-corrected chi connectivity index (χ3v) is 2.44. The molecular formula is C11H7FO3. The zero-order valence-corrected chi connectivity index (χ0v) is 7.91. The maximum absolute atomic E-state index is 12.8. The number of benzene rings is 1. The number of ketones is 3. The minimum atomic E-state index is -1.26. The van der Waals surface area contributed by atoms with Crippen LogP contribution in [-0.2, 0) is 4.79 Å². The highest BCUT2D eigenvalue weighted by molar-refractivity contribution is 6.35. The molecule has 0 heterocycles. The molecule has 0 aromatic heterocycles. The summed E-state index contributed by atoms with van der Waals surface area (Å²) in [6.45, 7) is 1.18. The molecule has 0 aliphatic heterocycles. The molecule has 0 fully saturated rings. The number of Topliss-reactive ketones (excluding diaryl/α,β-unsaturated/α-hetero) is 3. The van der Waals surface area contributed by atoms with Crippen molar-refractivity contribution in [2.75, 3.05) is 0 Å². The van der Waals surface area contributed by atoms with E-state index in [4.69, 9.17) is 0 Å². The molecule has 3 nitrogen and oxygen atoms in total. The Kier molecular flexibility index (Phi) is 2.00. The maximum Gasteiger partial charge on any atom is 0.181 e. The van der Waals surface area contributed by atoms with Gasteiger partial charge in [0.1, 0.15) is 17.5 Å². The number of fused-ring (bicyclic) bond motifs is 1. The van der Waals surface area contributed by atoms with Crippen LogP contribution in [0.25, 0.3) is 0 Å². The van der Waals surface area contributed by atoms with Crippen LogP contribution in [-0.4, -0.2) is 17.3 Å². The minimum absolute atomic E-state index is 0.0141. The summed E-state index contributed by atoms with van der Waals surface area (Å²) in [6.07, 6.45) is 0. The monoisotopic (exact) mass is 206 g/mol. The molecular weight excluding hydrogens is 199 g/mol. The standard InChI is InChI=1S/C11H7FO3/c1-5(13)9-10(14)7-3-2-6(12)4-8(7)11(9)15/h2-4,9H,1H3/t9-/m0/s1. The molecule has 1 aliphatic carbocycles. The molecule has 15 heavy (non-hydrogen) atoms. The molecule has 0 bridgehead atoms. The summed E-state index contributed by atoms with van der Waals surface area (Å²) in [5.74, 6) is -3.47. The van der Waals surface area contributed by atoms with Crippen LogP contribution in [0.2, 0.25) is 0 Å². The van der Waals surface area contributed by atoms with E-state index in [0.717, 1.165) is 12.1 Å². The quantitative estimate of drug-likeness (QED) is 0.653. The SMILES string of the molecule is CC(=O)[C@H]1C(=O)c2ccc(F)cc2C1=O. The molecule has 1 aromatic rings. The average Bonchev–Trinajstić information content (AvgIpc) is 2.39. The van der Waals surface area contributed by atoms with E-state index in [0.29, 0.717) is 0 Å². The van der Waals surface area contributed by atoms with Gasteiger partial charge in [0.2, 0.25) is 0 Å². The number of hydrogen-bond donors (Lipinski definition) is 0. The van der Waals surface area contributed by atoms with E-state index in [1.54, 1.807) is 0 Å². The lowest BCUT2D eigenvalue weighted by molar-refractivity contribution is -0.118. The Morgan fingerprint density at radius 2 is 1.80 bits per heavy atom. The summed E-state index contributed by atoms with van der Waals surface area (Å²) in [7, 11) is 0. The largest absolute Gasteiger partial charge is 0.299 e. The van der Waals surface area contributed by atoms with Crippen molar-refractivity contribution in [3.05, 3.63) is 35.1 Å². The zero-order valence-electron chi connectivity index (χ0n) is 7.91. The lowest BCUT2D eigenvalue weighted by atomic mass is 10.00. The number of hydrogen-bond acceptors (Lipinski definition) is 3. The molecule has 0 unspecified atom stereocenters. The van der Waals surface area contributed by atoms with Crippen LogP contribution in [0.5, 0.6) is 0 Å². The lowest BCUT2D eigenvalue weighted by Gasteiger charge is -1.98. The van der Waals surface area contributed by atoms with Crippen LogP contribution in [0.1, 0.15) is 27.6 Å². The van der Waals surface area contributed by atoms with Crippen molar-refractivity contribution in [2.45, 2.75) is 6.92 Å². The van der Waals surface area contributed by atoms with Gasteiger partial charge < -0.3 is 0 Å². The van der Waals surface area contributed by atoms with Gasteiger partial charge in [0.05, 0.1) is 0 Å². The number of rotatable bonds is 1. The predicted molar refractivity (Wildman–Crippen MR) is 49.2 cm³/mol. The summed E-state index contributed by atoms with van der Waals surface area (Å²) in [4.78, 5) is 34.3. The van der Waals surface area contributed by atoms with E-state index in [2.05, 4.69) is 0 Å². The van der Waals surface area contributed by atoms with Crippen LogP contribution in [0, 0.1) is 11.7 Å². The van der Waals surface area contributed by atoms with Gasteiger partial charge in [-0.1, -0.05) is 0 Å². The Labute approximate surface area is 84.9 Å². The summed E-state index contributed by atoms with van der Waals surface area (Å²) in [6, 6.07) is 3.35. The van der Waals surface area contributed by atoms with Gasteiger partial charge in [-0.25, -0.2) is 4.39 Å². The highest BCUT2D eigenvalue weighted by Crippen LogP contribution is 2.27. The van der Waals surface area contributed by atoms with Gasteiger partial charge >= 0.3 is 0 Å². The Balaban J connectivity index is 2.60. The van der Waals surface area contributed by atoms with Crippen LogP contribution in [0.15, 0.2) is 18.2 Å². The Bertz CT molecular complexity index is 491. The topological polar surface area (TPSA) is 51.2 Å². The highest BCUT2D eigenvalue weighted by atomic mass is 19.1. The molecule has 0 spiro atoms. The Morgan fingerprint density at radius 3 is 2.40 bits per heavy atom. The number of carbonyl (C=O) groups excluding carboxylic acids is 3. The number of carbonyl (C=O) groups is 3. The first-order valence-electron chi connectivity index (χ1n) is 4.41. The Hall–Kier alpha value is -1.84. The molecule has 0 radical (unpaired) electrons. The van der Waals surface area contributed by atoms with Gasteiger partial charge in [0.25, 0.3) is 0 Å². The smallest absolute Gasteiger partial charge is 0.181 e. The molecule has 1 atom stereocenters. The van der Waals surface area contributed by atoms with E-state index >= 15 is 0 Å². The van der Waals surface area contributed by atoms with Crippen molar-refractivity contribution in [1.29, 1.82) is 0 Å². The van der Waals surface area contributed by atoms with Crippen molar-refractivity contribution in [1.82, 2.24) is 0 Å². The normalized spacial score (nSPS) is 19.2.